The standard InChI is InChI=1S/C36H62B24F4N4O2S/c1-3-66(4-2)5-6-67(32(53,54)9-17(41)13(37)7(14(38)18(9)42)8-15(39)21(45)11(35(62,63)64)22(46)16(8)40)28(70)33(55,56)68-26-12(30(49,50)36(59,60)31(26,51)52)27(69)65-29(68)71-34(57,58)10-19(43)23(47)25(61)24(48)20(10)44/h3-6,37-60H2,1-2H3. The Hall–Kier alpha value is -2.40. The first-order chi connectivity index (χ1) is 32.1. The topological polar surface area (TPSA) is 58.4 Å². The van der Waals surface area contributed by atoms with Crippen molar-refractivity contribution < 1.29 is 22.4 Å². The molecule has 0 aliphatic heterocycles. The number of halogens is 4. The molecule has 1 heterocycles. The van der Waals surface area contributed by atoms with Crippen molar-refractivity contribution in [2.45, 2.75) is 56.0 Å². The molecule has 344 valence electrons. The third kappa shape index (κ3) is 9.22. The van der Waals surface area contributed by atoms with E-state index >= 15 is 9.18 Å². The minimum atomic E-state index is -4.48. The Morgan fingerprint density at radius 1 is 0.606 bits per heavy atom. The zero-order chi connectivity index (χ0) is 54.8. The minimum absolute atomic E-state index is 0.139. The SMILES string of the molecule is Bc1c(B)c(C(B)(B)Sc2nc(=O)c3c(n2C(B)(B)C(=O)N(CCN(CC)CC)C(B)(B)c2c(B)c(B)c(-c4c(B)c(B)c(C(F)(F)F)c(B)c4B)c(B)c2B)C(B)(B)C(B)(B)C3(B)B)c(B)c(B)c1F. The van der Waals surface area contributed by atoms with Gasteiger partial charge in [-0.25, -0.2) is 4.39 Å². The van der Waals surface area contributed by atoms with Crippen LogP contribution in [0.2, 0.25) is 5.21 Å². The van der Waals surface area contributed by atoms with Gasteiger partial charge in [-0.1, -0.05) is 118 Å². The van der Waals surface area contributed by atoms with Crippen LogP contribution in [-0.2, 0) is 36.6 Å². The summed E-state index contributed by atoms with van der Waals surface area (Å²) in [6, 6.07) is 0. The number of likely N-dealkylation sites (N-methyl/N-ethyl adjacent to an activating group) is 1. The van der Waals surface area contributed by atoms with Gasteiger partial charge in [0.05, 0.1) is 21.0 Å². The molecule has 35 heteroatoms. The Labute approximate surface area is 448 Å². The molecule has 0 unspecified atom stereocenters. The lowest BCUT2D eigenvalue weighted by atomic mass is 9.20. The molecule has 5 rings (SSSR count). The molecule has 0 saturated heterocycles. The molecule has 0 fully saturated rings. The highest BCUT2D eigenvalue weighted by atomic mass is 32.2. The van der Waals surface area contributed by atoms with Crippen LogP contribution in [0, 0.1) is 5.82 Å². The van der Waals surface area contributed by atoms with Crippen LogP contribution in [0.1, 0.15) is 41.8 Å². The quantitative estimate of drug-likeness (QED) is 0.0578. The van der Waals surface area contributed by atoms with E-state index < -0.39 is 42.6 Å². The fourth-order valence-corrected chi connectivity index (χ4v) is 14.2. The number of rotatable bonds is 13. The van der Waals surface area contributed by atoms with Crippen molar-refractivity contribution in [3.63, 3.8) is 0 Å². The fourth-order valence-electron chi connectivity index (χ4n) is 12.8. The van der Waals surface area contributed by atoms with Crippen molar-refractivity contribution >= 4 is 272 Å². The number of hydrogen-bond donors (Lipinski definition) is 0. The lowest BCUT2D eigenvalue weighted by Gasteiger charge is -2.49. The summed E-state index contributed by atoms with van der Waals surface area (Å²) in [5.41, 5.74) is 12.7. The van der Waals surface area contributed by atoms with Gasteiger partial charge in [0.25, 0.3) is 5.56 Å². The molecule has 0 atom stereocenters. The number of amides is 1. The van der Waals surface area contributed by atoms with Crippen LogP contribution in [0.4, 0.5) is 17.6 Å². The summed E-state index contributed by atoms with van der Waals surface area (Å²) in [5.74, 6) is -0.358. The summed E-state index contributed by atoms with van der Waals surface area (Å²) in [6.07, 6.45) is -4.48. The Morgan fingerprint density at radius 2 is 1.00 bits per heavy atom. The van der Waals surface area contributed by atoms with Crippen LogP contribution in [-0.4, -0.2) is 240 Å². The second-order valence-corrected chi connectivity index (χ2v) is 25.6. The summed E-state index contributed by atoms with van der Waals surface area (Å²) in [4.78, 5) is 40.9. The zero-order valence-electron chi connectivity index (χ0n) is 48.4. The second-order valence-electron chi connectivity index (χ2n) is 24.0. The molecule has 0 saturated carbocycles. The van der Waals surface area contributed by atoms with Crippen LogP contribution in [0.25, 0.3) is 11.1 Å². The van der Waals surface area contributed by atoms with E-state index in [2.05, 4.69) is 133 Å². The molecular formula is C36H62B24F4N4O2S. The van der Waals surface area contributed by atoms with Gasteiger partial charge in [-0.2, -0.15) is 18.2 Å². The minimum Gasteiger partial charge on any atom is -0.347 e. The molecule has 1 amide bonds. The van der Waals surface area contributed by atoms with E-state index in [1.807, 2.05) is 52.0 Å². The smallest absolute Gasteiger partial charge is 0.347 e. The van der Waals surface area contributed by atoms with Gasteiger partial charge in [0.15, 0.2) is 5.16 Å². The Kier molecular flexibility index (Phi) is 16.4. The van der Waals surface area contributed by atoms with Crippen LogP contribution >= 0.6 is 11.8 Å². The predicted molar refractivity (Wildman–Crippen MR) is 365 cm³/mol. The molecule has 4 aromatic rings. The molecule has 6 nitrogen and oxygen atoms in total. The van der Waals surface area contributed by atoms with Crippen molar-refractivity contribution in [2.75, 3.05) is 26.2 Å². The van der Waals surface area contributed by atoms with E-state index in [0.29, 0.717) is 45.7 Å². The first-order valence-electron chi connectivity index (χ1n) is 25.6. The highest BCUT2D eigenvalue weighted by Gasteiger charge is 2.60. The molecule has 1 aromatic heterocycles. The molecular weight excluding hydrogens is 888 g/mol. The van der Waals surface area contributed by atoms with Gasteiger partial charge in [-0.05, 0) is 28.8 Å². The average molecular weight is 950 g/mol. The molecule has 0 N–H and O–H groups in total. The summed E-state index contributed by atoms with van der Waals surface area (Å²) in [7, 11) is 47.9. The number of hydrogen-bond acceptors (Lipinski definition) is 5. The number of nitrogens with zero attached hydrogens (tertiary/aromatic N) is 4. The van der Waals surface area contributed by atoms with Crippen LogP contribution in [0.5, 0.6) is 0 Å². The maximum Gasteiger partial charge on any atom is 0.415 e. The third-order valence-electron chi connectivity index (χ3n) is 18.8. The average Bonchev–Trinajstić information content (AvgIpc) is 3.35. The number of aromatic nitrogens is 2. The molecule has 3 aromatic carbocycles. The van der Waals surface area contributed by atoms with Gasteiger partial charge in [0.2, 0.25) is 5.91 Å². The molecule has 1 aliphatic rings. The van der Waals surface area contributed by atoms with Crippen LogP contribution < -0.4 is 71.1 Å². The normalized spacial score (nSPS) is 15.4. The van der Waals surface area contributed by atoms with Crippen molar-refractivity contribution in [3.8, 4) is 11.1 Å². The first-order valence-corrected chi connectivity index (χ1v) is 26.4. The van der Waals surface area contributed by atoms with Crippen molar-refractivity contribution in [1.29, 1.82) is 0 Å². The van der Waals surface area contributed by atoms with Crippen molar-refractivity contribution in [3.05, 3.63) is 44.1 Å². The van der Waals surface area contributed by atoms with Crippen LogP contribution in [0.15, 0.2) is 9.95 Å². The van der Waals surface area contributed by atoms with E-state index in [1.165, 1.54) is 11.8 Å². The maximum atomic E-state index is 16.6. The summed E-state index contributed by atoms with van der Waals surface area (Å²) in [5, 5.41) is -3.52. The second kappa shape index (κ2) is 19.6. The lowest BCUT2D eigenvalue weighted by Crippen LogP contribution is -2.65. The number of benzene rings is 3. The van der Waals surface area contributed by atoms with Gasteiger partial charge >= 0.3 is 6.18 Å². The van der Waals surface area contributed by atoms with Crippen molar-refractivity contribution in [2.24, 2.45) is 0 Å². The number of carbonyl (C=O) groups is 1. The largest absolute Gasteiger partial charge is 0.415 e. The number of carbonyl (C=O) groups excluding carboxylic acids is 1. The van der Waals surface area contributed by atoms with Crippen LogP contribution in [0.3, 0.4) is 0 Å². The summed E-state index contributed by atoms with van der Waals surface area (Å²) >= 11 is 1.45. The highest BCUT2D eigenvalue weighted by molar-refractivity contribution is 8.02. The molecule has 0 bridgehead atoms. The summed E-state index contributed by atoms with van der Waals surface area (Å²) in [6.45, 7) is 6.84. The maximum absolute atomic E-state index is 16.6. The molecule has 71 heavy (non-hydrogen) atoms. The van der Waals surface area contributed by atoms with Gasteiger partial charge in [0, 0.05) is 35.2 Å². The number of thioether (sulfide) groups is 1. The van der Waals surface area contributed by atoms with E-state index in [9.17, 15) is 18.0 Å². The van der Waals surface area contributed by atoms with Crippen molar-refractivity contribution in [1.82, 2.24) is 19.4 Å². The van der Waals surface area contributed by atoms with E-state index in [0.717, 1.165) is 73.8 Å². The number of fused-ring (bicyclic) bond motifs is 1. The van der Waals surface area contributed by atoms with Gasteiger partial charge in [-0.3, -0.25) is 9.59 Å². The summed E-state index contributed by atoms with van der Waals surface area (Å²) < 4.78 is 60.5. The van der Waals surface area contributed by atoms with Gasteiger partial charge < -0.3 is 14.4 Å². The molecule has 0 radical (unpaired) electrons. The van der Waals surface area contributed by atoms with E-state index in [1.54, 1.807) is 31.4 Å². The monoisotopic (exact) mass is 955 g/mol. The van der Waals surface area contributed by atoms with Gasteiger partial charge in [-0.15, -0.1) is 0 Å². The van der Waals surface area contributed by atoms with E-state index in [-0.39, 0.29) is 28.2 Å². The Balaban J connectivity index is 1.87. The third-order valence-corrected chi connectivity index (χ3v) is 20.0. The number of alkyl halides is 3. The molecule has 0 spiro atoms. The predicted octanol–water partition coefficient (Wildman–Crippen LogP) is -26.3. The first kappa shape index (κ1) is 59.5. The lowest BCUT2D eigenvalue weighted by molar-refractivity contribution is -0.137. The van der Waals surface area contributed by atoms with Gasteiger partial charge in [0.1, 0.15) is 178 Å². The Morgan fingerprint density at radius 3 is 1.39 bits per heavy atom. The Bertz CT molecular complexity index is 2860. The van der Waals surface area contributed by atoms with E-state index in [4.69, 9.17) is 4.98 Å². The zero-order valence-corrected chi connectivity index (χ0v) is 49.2. The molecule has 1 aliphatic carbocycles. The highest BCUT2D eigenvalue weighted by Crippen LogP contribution is 2.58. The fraction of sp³-hybridized carbons (Fsp3) is 0.361.